The standard InChI is InChI=1S/C17H17NO2S/c1-11(17(19)20)18-16-13-7-3-2-6-12(13)10-21-15-9-5-4-8-14(15)16/h2-9,11,16,18H,10H2,1H3,(H,19,20). The van der Waals surface area contributed by atoms with Gasteiger partial charge in [0, 0.05) is 10.6 Å². The van der Waals surface area contributed by atoms with Gasteiger partial charge < -0.3 is 5.11 Å². The summed E-state index contributed by atoms with van der Waals surface area (Å²) in [4.78, 5) is 12.4. The van der Waals surface area contributed by atoms with E-state index in [0.29, 0.717) is 0 Å². The monoisotopic (exact) mass is 299 g/mol. The average molecular weight is 299 g/mol. The van der Waals surface area contributed by atoms with Gasteiger partial charge in [0.15, 0.2) is 0 Å². The van der Waals surface area contributed by atoms with Gasteiger partial charge >= 0.3 is 5.97 Å². The molecule has 0 bridgehead atoms. The fraction of sp³-hybridized carbons (Fsp3) is 0.235. The Labute approximate surface area is 128 Å². The summed E-state index contributed by atoms with van der Waals surface area (Å²) in [5.41, 5.74) is 3.58. The highest BCUT2D eigenvalue weighted by Gasteiger charge is 2.26. The summed E-state index contributed by atoms with van der Waals surface area (Å²) in [6.45, 7) is 1.69. The van der Waals surface area contributed by atoms with Crippen LogP contribution in [0.5, 0.6) is 0 Å². The predicted molar refractivity (Wildman–Crippen MR) is 84.5 cm³/mol. The first-order chi connectivity index (χ1) is 10.2. The normalized spacial score (nSPS) is 18.2. The van der Waals surface area contributed by atoms with Gasteiger partial charge in [0.1, 0.15) is 6.04 Å². The molecule has 0 fully saturated rings. The van der Waals surface area contributed by atoms with Crippen LogP contribution in [-0.2, 0) is 10.5 Å². The van der Waals surface area contributed by atoms with Crippen LogP contribution < -0.4 is 5.32 Å². The Kier molecular flexibility index (Phi) is 3.99. The van der Waals surface area contributed by atoms with Crippen molar-refractivity contribution in [2.75, 3.05) is 0 Å². The molecule has 108 valence electrons. The minimum Gasteiger partial charge on any atom is -0.480 e. The number of benzene rings is 2. The van der Waals surface area contributed by atoms with Crippen LogP contribution in [0.3, 0.4) is 0 Å². The highest BCUT2D eigenvalue weighted by molar-refractivity contribution is 7.98. The highest BCUT2D eigenvalue weighted by atomic mass is 32.2. The van der Waals surface area contributed by atoms with E-state index in [1.54, 1.807) is 18.7 Å². The van der Waals surface area contributed by atoms with Crippen LogP contribution >= 0.6 is 11.8 Å². The van der Waals surface area contributed by atoms with Crippen molar-refractivity contribution < 1.29 is 9.90 Å². The molecule has 4 heteroatoms. The zero-order chi connectivity index (χ0) is 14.8. The number of carbonyl (C=O) groups is 1. The SMILES string of the molecule is CC(NC1c2ccccc2CSc2ccccc21)C(=O)O. The van der Waals surface area contributed by atoms with E-state index in [1.165, 1.54) is 16.0 Å². The molecule has 0 amide bonds. The lowest BCUT2D eigenvalue weighted by Crippen LogP contribution is -2.37. The summed E-state index contributed by atoms with van der Waals surface area (Å²) in [6.07, 6.45) is 0. The quantitative estimate of drug-likeness (QED) is 0.911. The Bertz CT molecular complexity index is 624. The molecule has 1 aliphatic heterocycles. The van der Waals surface area contributed by atoms with Gasteiger partial charge in [-0.25, -0.2) is 0 Å². The van der Waals surface area contributed by atoms with E-state index in [-0.39, 0.29) is 6.04 Å². The van der Waals surface area contributed by atoms with E-state index in [2.05, 4.69) is 29.6 Å². The second-order valence-corrected chi connectivity index (χ2v) is 6.20. The van der Waals surface area contributed by atoms with E-state index in [4.69, 9.17) is 0 Å². The molecule has 3 nitrogen and oxygen atoms in total. The minimum atomic E-state index is -0.832. The van der Waals surface area contributed by atoms with Crippen molar-refractivity contribution in [1.82, 2.24) is 5.32 Å². The van der Waals surface area contributed by atoms with Crippen molar-refractivity contribution in [3.8, 4) is 0 Å². The first kappa shape index (κ1) is 14.2. The third-order valence-electron chi connectivity index (χ3n) is 3.77. The molecule has 2 aromatic carbocycles. The van der Waals surface area contributed by atoms with Gasteiger partial charge in [0.25, 0.3) is 0 Å². The van der Waals surface area contributed by atoms with Crippen LogP contribution in [0.4, 0.5) is 0 Å². The largest absolute Gasteiger partial charge is 0.480 e. The number of aliphatic carboxylic acids is 1. The second-order valence-electron chi connectivity index (χ2n) is 5.18. The zero-order valence-corrected chi connectivity index (χ0v) is 12.6. The molecular weight excluding hydrogens is 282 g/mol. The topological polar surface area (TPSA) is 49.3 Å². The van der Waals surface area contributed by atoms with Gasteiger partial charge in [0.05, 0.1) is 6.04 Å². The molecule has 2 N–H and O–H groups in total. The van der Waals surface area contributed by atoms with Gasteiger partial charge in [-0.1, -0.05) is 42.5 Å². The van der Waals surface area contributed by atoms with E-state index in [0.717, 1.165) is 11.3 Å². The molecule has 2 unspecified atom stereocenters. The van der Waals surface area contributed by atoms with Crippen LogP contribution in [0.15, 0.2) is 53.4 Å². The third-order valence-corrected chi connectivity index (χ3v) is 4.90. The van der Waals surface area contributed by atoms with E-state index < -0.39 is 12.0 Å². The molecule has 0 radical (unpaired) electrons. The number of rotatable bonds is 3. The number of thioether (sulfide) groups is 1. The Morgan fingerprint density at radius 1 is 1.19 bits per heavy atom. The maximum atomic E-state index is 11.2. The van der Waals surface area contributed by atoms with Gasteiger partial charge in [0.2, 0.25) is 0 Å². The molecule has 0 spiro atoms. The molecule has 0 saturated heterocycles. The molecule has 1 aliphatic rings. The molecule has 2 atom stereocenters. The van der Waals surface area contributed by atoms with Crippen LogP contribution in [-0.4, -0.2) is 17.1 Å². The molecule has 0 saturated carbocycles. The summed E-state index contributed by atoms with van der Waals surface area (Å²) in [5.74, 6) is 0.0779. The molecule has 21 heavy (non-hydrogen) atoms. The van der Waals surface area contributed by atoms with Gasteiger partial charge in [-0.3, -0.25) is 10.1 Å². The smallest absolute Gasteiger partial charge is 0.320 e. The fourth-order valence-electron chi connectivity index (χ4n) is 2.62. The summed E-state index contributed by atoms with van der Waals surface area (Å²) >= 11 is 1.80. The van der Waals surface area contributed by atoms with Gasteiger partial charge in [-0.15, -0.1) is 11.8 Å². The maximum Gasteiger partial charge on any atom is 0.320 e. The zero-order valence-electron chi connectivity index (χ0n) is 11.7. The summed E-state index contributed by atoms with van der Waals surface area (Å²) < 4.78 is 0. The van der Waals surface area contributed by atoms with E-state index in [1.807, 2.05) is 24.3 Å². The Hall–Kier alpha value is -1.78. The molecule has 0 aliphatic carbocycles. The molecule has 3 rings (SSSR count). The maximum absolute atomic E-state index is 11.2. The second kappa shape index (κ2) is 5.92. The highest BCUT2D eigenvalue weighted by Crippen LogP contribution is 2.39. The van der Waals surface area contributed by atoms with Crippen molar-refractivity contribution in [3.05, 3.63) is 65.2 Å². The van der Waals surface area contributed by atoms with Crippen molar-refractivity contribution in [2.24, 2.45) is 0 Å². The summed E-state index contributed by atoms with van der Waals surface area (Å²) in [7, 11) is 0. The van der Waals surface area contributed by atoms with Crippen molar-refractivity contribution in [1.29, 1.82) is 0 Å². The lowest BCUT2D eigenvalue weighted by atomic mass is 9.94. The Morgan fingerprint density at radius 3 is 2.62 bits per heavy atom. The number of carboxylic acid groups (broad SMARTS) is 1. The van der Waals surface area contributed by atoms with Crippen LogP contribution in [0.25, 0.3) is 0 Å². The van der Waals surface area contributed by atoms with Crippen LogP contribution in [0, 0.1) is 0 Å². The van der Waals surface area contributed by atoms with Gasteiger partial charge in [-0.05, 0) is 29.7 Å². The Morgan fingerprint density at radius 2 is 1.86 bits per heavy atom. The Balaban J connectivity index is 2.08. The lowest BCUT2D eigenvalue weighted by Gasteiger charge is -2.23. The summed E-state index contributed by atoms with van der Waals surface area (Å²) in [5, 5.41) is 12.5. The minimum absolute atomic E-state index is 0.0847. The van der Waals surface area contributed by atoms with Crippen molar-refractivity contribution in [2.45, 2.75) is 29.7 Å². The van der Waals surface area contributed by atoms with Crippen molar-refractivity contribution >= 4 is 17.7 Å². The van der Waals surface area contributed by atoms with E-state index >= 15 is 0 Å². The van der Waals surface area contributed by atoms with E-state index in [9.17, 15) is 9.90 Å². The first-order valence-electron chi connectivity index (χ1n) is 6.95. The van der Waals surface area contributed by atoms with Crippen LogP contribution in [0.1, 0.15) is 29.7 Å². The number of hydrogen-bond donors (Lipinski definition) is 2. The number of nitrogens with one attached hydrogen (secondary N) is 1. The first-order valence-corrected chi connectivity index (χ1v) is 7.94. The lowest BCUT2D eigenvalue weighted by molar-refractivity contribution is -0.139. The predicted octanol–water partition coefficient (Wildman–Crippen LogP) is 3.44. The molecular formula is C17H17NO2S. The van der Waals surface area contributed by atoms with Crippen molar-refractivity contribution in [3.63, 3.8) is 0 Å². The average Bonchev–Trinajstić information content (AvgIpc) is 2.65. The fourth-order valence-corrected chi connectivity index (χ4v) is 3.72. The number of hydrogen-bond acceptors (Lipinski definition) is 3. The summed E-state index contributed by atoms with van der Waals surface area (Å²) in [6, 6.07) is 15.8. The molecule has 2 aromatic rings. The third kappa shape index (κ3) is 2.82. The van der Waals surface area contributed by atoms with Gasteiger partial charge in [-0.2, -0.15) is 0 Å². The molecule has 0 aromatic heterocycles. The van der Waals surface area contributed by atoms with Crippen LogP contribution in [0.2, 0.25) is 0 Å². The molecule has 1 heterocycles. The number of carboxylic acids is 1. The number of fused-ring (bicyclic) bond motifs is 2.